The Morgan fingerprint density at radius 2 is 1.09 bits per heavy atom. The van der Waals surface area contributed by atoms with Gasteiger partial charge in [-0.15, -0.1) is 0 Å². The molecule has 0 saturated heterocycles. The molecule has 0 unspecified atom stereocenters. The smallest absolute Gasteiger partial charge is 0.327 e. The van der Waals surface area contributed by atoms with Gasteiger partial charge in [0, 0.05) is 18.8 Å². The molecule has 0 aliphatic carbocycles. The Kier molecular flexibility index (Phi) is 20.6. The zero-order valence-electron chi connectivity index (χ0n) is 24.6. The highest BCUT2D eigenvalue weighted by molar-refractivity contribution is 7.80. The van der Waals surface area contributed by atoms with Crippen LogP contribution in [0.15, 0.2) is 9.98 Å². The number of rotatable bonds is 23. The van der Waals surface area contributed by atoms with Gasteiger partial charge < -0.3 is 65.9 Å². The van der Waals surface area contributed by atoms with Crippen molar-refractivity contribution in [1.82, 2.24) is 21.3 Å². The number of carbonyl (C=O) groups is 5. The monoisotopic (exact) mass is 648 g/mol. The number of nitrogens with zero attached hydrogens (tertiary/aromatic N) is 2. The molecule has 18 N–H and O–H groups in total. The molecule has 0 aliphatic rings. The number of aliphatic hydroxyl groups excluding tert-OH is 1. The Bertz CT molecular complexity index is 993. The SMILES string of the molecule is NCCCC[C@H](N)C(=O)N[C@@H](CCCN=C(N)N)C(=O)N[C@@H](CO)C(=O)N[C@@H](CCCN=C(N)N)C(=O)N[C@@H](CS)C(=O)O. The molecule has 0 heterocycles. The minimum absolute atomic E-state index is 0.0229. The molecule has 0 aromatic rings. The fourth-order valence-corrected chi connectivity index (χ4v) is 3.91. The van der Waals surface area contributed by atoms with Crippen LogP contribution in [0.25, 0.3) is 0 Å². The van der Waals surface area contributed by atoms with Gasteiger partial charge in [-0.05, 0) is 45.1 Å². The lowest BCUT2D eigenvalue weighted by Gasteiger charge is -2.25. The molecule has 0 aromatic carbocycles. The van der Waals surface area contributed by atoms with E-state index >= 15 is 0 Å². The maximum absolute atomic E-state index is 13.2. The first-order chi connectivity index (χ1) is 20.8. The van der Waals surface area contributed by atoms with Gasteiger partial charge in [-0.3, -0.25) is 29.2 Å². The number of guanidine groups is 2. The Morgan fingerprint density at radius 1 is 0.659 bits per heavy atom. The van der Waals surface area contributed by atoms with Crippen LogP contribution in [0.3, 0.4) is 0 Å². The first kappa shape index (κ1) is 40.1. The van der Waals surface area contributed by atoms with Crippen LogP contribution >= 0.6 is 12.6 Å². The van der Waals surface area contributed by atoms with Crippen molar-refractivity contribution < 1.29 is 34.2 Å². The predicted molar refractivity (Wildman–Crippen MR) is 167 cm³/mol. The Hall–Kier alpha value is -3.88. The summed E-state index contributed by atoms with van der Waals surface area (Å²) in [5.74, 6) is -5.13. The summed E-state index contributed by atoms with van der Waals surface area (Å²) in [5.41, 5.74) is 32.7. The second kappa shape index (κ2) is 22.6. The summed E-state index contributed by atoms with van der Waals surface area (Å²) in [4.78, 5) is 70.7. The number of unbranched alkanes of at least 4 members (excludes halogenated alkanes) is 1. The van der Waals surface area contributed by atoms with Gasteiger partial charge in [0.2, 0.25) is 23.6 Å². The Morgan fingerprint density at radius 3 is 1.50 bits per heavy atom. The first-order valence-electron chi connectivity index (χ1n) is 14.0. The lowest BCUT2D eigenvalue weighted by Crippen LogP contribution is -2.59. The molecule has 0 bridgehead atoms. The van der Waals surface area contributed by atoms with Gasteiger partial charge in [0.1, 0.15) is 24.2 Å². The van der Waals surface area contributed by atoms with Gasteiger partial charge in [-0.2, -0.15) is 12.6 Å². The molecule has 0 aromatic heterocycles. The Labute approximate surface area is 261 Å². The highest BCUT2D eigenvalue weighted by Gasteiger charge is 2.31. The third kappa shape index (κ3) is 17.3. The summed E-state index contributed by atoms with van der Waals surface area (Å²) in [6.07, 6.45) is 2.10. The van der Waals surface area contributed by atoms with E-state index in [1.165, 1.54) is 0 Å². The predicted octanol–water partition coefficient (Wildman–Crippen LogP) is -5.50. The summed E-state index contributed by atoms with van der Waals surface area (Å²) >= 11 is 3.91. The number of hydrogen-bond donors (Lipinski definition) is 13. The fraction of sp³-hybridized carbons (Fsp3) is 0.708. The third-order valence-corrected chi connectivity index (χ3v) is 6.44. The van der Waals surface area contributed by atoms with Crippen LogP contribution in [-0.4, -0.2) is 114 Å². The summed E-state index contributed by atoms with van der Waals surface area (Å²) in [5, 5.41) is 28.7. The van der Waals surface area contributed by atoms with Crippen LogP contribution < -0.4 is 55.7 Å². The maximum Gasteiger partial charge on any atom is 0.327 e. The van der Waals surface area contributed by atoms with Crippen molar-refractivity contribution in [3.8, 4) is 0 Å². The molecule has 5 atom stereocenters. The number of carbonyl (C=O) groups excluding carboxylic acids is 4. The molecule has 0 aliphatic heterocycles. The van der Waals surface area contributed by atoms with Gasteiger partial charge in [-0.25, -0.2) is 4.79 Å². The minimum atomic E-state index is -1.55. The van der Waals surface area contributed by atoms with Gasteiger partial charge in [0.05, 0.1) is 12.6 Å². The van der Waals surface area contributed by atoms with E-state index in [9.17, 15) is 34.2 Å². The molecule has 4 amide bonds. The van der Waals surface area contributed by atoms with Crippen LogP contribution in [0, 0.1) is 0 Å². The van der Waals surface area contributed by atoms with Gasteiger partial charge in [-0.1, -0.05) is 6.42 Å². The van der Waals surface area contributed by atoms with Gasteiger partial charge in [0.15, 0.2) is 11.9 Å². The number of hydrogen-bond acceptors (Lipinski definition) is 11. The number of nitrogens with one attached hydrogen (secondary N) is 4. The average Bonchev–Trinajstić information content (AvgIpc) is 2.96. The van der Waals surface area contributed by atoms with E-state index in [0.717, 1.165) is 0 Å². The van der Waals surface area contributed by atoms with Crippen molar-refractivity contribution in [3.05, 3.63) is 0 Å². The highest BCUT2D eigenvalue weighted by Crippen LogP contribution is 2.05. The van der Waals surface area contributed by atoms with Crippen molar-refractivity contribution >= 4 is 54.1 Å². The van der Waals surface area contributed by atoms with Gasteiger partial charge >= 0.3 is 5.97 Å². The molecular weight excluding hydrogens is 600 g/mol. The molecule has 19 nitrogen and oxygen atoms in total. The van der Waals surface area contributed by atoms with Crippen LogP contribution in [0.4, 0.5) is 0 Å². The van der Waals surface area contributed by atoms with Crippen molar-refractivity contribution in [2.45, 2.75) is 75.2 Å². The topological polar surface area (TPSA) is 355 Å². The molecule has 0 spiro atoms. The van der Waals surface area contributed by atoms with Crippen LogP contribution in [-0.2, 0) is 24.0 Å². The molecule has 0 fully saturated rings. The number of aliphatic imine (C=N–C) groups is 2. The molecule has 0 radical (unpaired) electrons. The van der Waals surface area contributed by atoms with E-state index in [4.69, 9.17) is 34.4 Å². The normalized spacial score (nSPS) is 14.1. The molecule has 20 heteroatoms. The molecular formula is C24H48N12O7S. The molecule has 0 rings (SSSR count). The largest absolute Gasteiger partial charge is 0.480 e. The number of carboxylic acid groups (broad SMARTS) is 1. The van der Waals surface area contributed by atoms with Crippen molar-refractivity contribution in [1.29, 1.82) is 0 Å². The van der Waals surface area contributed by atoms with Gasteiger partial charge in [0.25, 0.3) is 0 Å². The lowest BCUT2D eigenvalue weighted by molar-refractivity contribution is -0.141. The maximum atomic E-state index is 13.2. The van der Waals surface area contributed by atoms with E-state index in [1.54, 1.807) is 0 Å². The molecule has 252 valence electrons. The number of aliphatic hydroxyl groups is 1. The summed E-state index contributed by atoms with van der Waals surface area (Å²) in [6, 6.07) is -6.28. The fourth-order valence-electron chi connectivity index (χ4n) is 3.66. The van der Waals surface area contributed by atoms with E-state index in [-0.39, 0.29) is 56.4 Å². The van der Waals surface area contributed by atoms with Crippen LogP contribution in [0.2, 0.25) is 0 Å². The zero-order chi connectivity index (χ0) is 33.7. The quantitative estimate of drug-likeness (QED) is 0.0213. The van der Waals surface area contributed by atoms with Crippen molar-refractivity contribution in [2.24, 2.45) is 44.4 Å². The summed E-state index contributed by atoms with van der Waals surface area (Å²) < 4.78 is 0. The standard InChI is InChI=1S/C24H48N12O7S/c25-8-2-1-5-13(26)18(38)33-14(6-3-9-31-23(27)28)19(39)35-16(11-37)21(41)34-15(7-4-10-32-24(29)30)20(40)36-17(12-44)22(42)43/h13-17,37,44H,1-12,25-26H2,(H,33,38)(H,34,41)(H,35,39)(H,36,40)(H,42,43)(H4,27,28,31)(H4,29,30,32)/t13-,14-,15-,16-,17-/m0/s1. The van der Waals surface area contributed by atoms with Crippen LogP contribution in [0.5, 0.6) is 0 Å². The van der Waals surface area contributed by atoms with Crippen LogP contribution in [0.1, 0.15) is 44.9 Å². The number of amides is 4. The third-order valence-electron chi connectivity index (χ3n) is 6.08. The van der Waals surface area contributed by atoms with E-state index in [1.807, 2.05) is 0 Å². The average molecular weight is 649 g/mol. The summed E-state index contributed by atoms with van der Waals surface area (Å²) in [6.45, 7) is -0.189. The second-order valence-electron chi connectivity index (χ2n) is 9.74. The number of thiol groups is 1. The highest BCUT2D eigenvalue weighted by atomic mass is 32.1. The number of aliphatic carboxylic acids is 1. The van der Waals surface area contributed by atoms with Crippen molar-refractivity contribution in [2.75, 3.05) is 32.0 Å². The van der Waals surface area contributed by atoms with E-state index in [0.29, 0.717) is 25.8 Å². The molecule has 44 heavy (non-hydrogen) atoms. The number of carboxylic acids is 1. The second-order valence-corrected chi connectivity index (χ2v) is 10.1. The van der Waals surface area contributed by atoms with Crippen molar-refractivity contribution in [3.63, 3.8) is 0 Å². The first-order valence-corrected chi connectivity index (χ1v) is 14.6. The lowest BCUT2D eigenvalue weighted by atomic mass is 10.1. The number of nitrogens with two attached hydrogens (primary N) is 6. The zero-order valence-corrected chi connectivity index (χ0v) is 25.5. The van der Waals surface area contributed by atoms with E-state index in [2.05, 4.69) is 43.9 Å². The minimum Gasteiger partial charge on any atom is -0.480 e. The Balaban J connectivity index is 5.71. The van der Waals surface area contributed by atoms with E-state index < -0.39 is 66.4 Å². The molecule has 0 saturated carbocycles. The summed E-state index contributed by atoms with van der Waals surface area (Å²) in [7, 11) is 0.